The molecule has 1 aromatic heterocycles. The average molecular weight is 636 g/mol. The summed E-state index contributed by atoms with van der Waals surface area (Å²) in [7, 11) is -3.30. The number of benzene rings is 3. The number of nitrogens with zero attached hydrogens (tertiary/aromatic N) is 3. The van der Waals surface area contributed by atoms with Gasteiger partial charge >= 0.3 is 6.03 Å². The number of nitrogens with one attached hydrogen (secondary N) is 1. The van der Waals surface area contributed by atoms with Crippen LogP contribution in [0.5, 0.6) is 11.6 Å². The quantitative estimate of drug-likeness (QED) is 0.253. The number of hydrogen-bond acceptors (Lipinski definition) is 7. The Balaban J connectivity index is 1.22. The number of pyridine rings is 1. The fourth-order valence-electron chi connectivity index (χ4n) is 5.13. The number of ether oxygens (including phenoxy) is 1. The predicted octanol–water partition coefficient (Wildman–Crippen LogP) is 5.36. The summed E-state index contributed by atoms with van der Waals surface area (Å²) < 4.78 is 57.2. The van der Waals surface area contributed by atoms with Crippen molar-refractivity contribution in [3.8, 4) is 11.6 Å². The first-order chi connectivity index (χ1) is 21.5. The maximum Gasteiger partial charge on any atom is 0.326 e. The number of sulfone groups is 1. The molecule has 1 aliphatic rings. The molecule has 0 bridgehead atoms. The number of amides is 3. The summed E-state index contributed by atoms with van der Waals surface area (Å²) in [5.41, 5.74) is 6.40. The van der Waals surface area contributed by atoms with E-state index in [1.165, 1.54) is 47.4 Å². The van der Waals surface area contributed by atoms with Crippen LogP contribution in [-0.2, 0) is 16.4 Å². The highest BCUT2D eigenvalue weighted by atomic mass is 32.2. The molecule has 2 heterocycles. The number of primary amides is 1. The summed E-state index contributed by atoms with van der Waals surface area (Å²) in [4.78, 5) is 33.4. The van der Waals surface area contributed by atoms with Crippen LogP contribution in [0.25, 0.3) is 0 Å². The molecule has 4 aromatic rings. The van der Waals surface area contributed by atoms with E-state index in [0.717, 1.165) is 17.9 Å². The van der Waals surface area contributed by atoms with E-state index >= 15 is 0 Å². The van der Waals surface area contributed by atoms with E-state index < -0.39 is 33.4 Å². The van der Waals surface area contributed by atoms with Crippen LogP contribution in [0, 0.1) is 11.6 Å². The Morgan fingerprint density at radius 2 is 1.76 bits per heavy atom. The van der Waals surface area contributed by atoms with Gasteiger partial charge in [-0.2, -0.15) is 0 Å². The molecule has 0 atom stereocenters. The summed E-state index contributed by atoms with van der Waals surface area (Å²) in [5.74, 6) is -1.42. The number of halogens is 2. The van der Waals surface area contributed by atoms with Gasteiger partial charge in [0, 0.05) is 55.6 Å². The zero-order valence-corrected chi connectivity index (χ0v) is 25.1. The van der Waals surface area contributed by atoms with Crippen LogP contribution in [-0.4, -0.2) is 55.6 Å². The Hall–Kier alpha value is -4.88. The van der Waals surface area contributed by atoms with Crippen LogP contribution in [0.4, 0.5) is 25.0 Å². The first-order valence-electron chi connectivity index (χ1n) is 14.1. The SMILES string of the molecule is CS(=O)(=O)c1ccc(Oc2ccc(CN3CCC(N(C(=O)Nc4ccc(F)c(C(N)=O)c4)c4cccc(F)c4)CC3)cn2)cc1. The molecule has 10 nitrogen and oxygen atoms in total. The molecule has 5 rings (SSSR count). The molecule has 0 saturated carbocycles. The number of anilines is 2. The number of piperidine rings is 1. The lowest BCUT2D eigenvalue weighted by Gasteiger charge is -2.38. The summed E-state index contributed by atoms with van der Waals surface area (Å²) >= 11 is 0. The van der Waals surface area contributed by atoms with E-state index in [4.69, 9.17) is 10.5 Å². The van der Waals surface area contributed by atoms with Crippen LogP contribution in [0.2, 0.25) is 0 Å². The molecule has 3 N–H and O–H groups in total. The maximum absolute atomic E-state index is 14.2. The van der Waals surface area contributed by atoms with Gasteiger partial charge < -0.3 is 15.8 Å². The molecule has 1 aliphatic heterocycles. The fraction of sp³-hybridized carbons (Fsp3) is 0.219. The third-order valence-corrected chi connectivity index (χ3v) is 8.52. The minimum absolute atomic E-state index is 0.180. The number of rotatable bonds is 9. The van der Waals surface area contributed by atoms with Crippen molar-refractivity contribution in [1.29, 1.82) is 0 Å². The maximum atomic E-state index is 14.2. The van der Waals surface area contributed by atoms with E-state index in [9.17, 15) is 26.8 Å². The number of nitrogens with two attached hydrogens (primary N) is 1. The topological polar surface area (TPSA) is 135 Å². The average Bonchev–Trinajstić information content (AvgIpc) is 3.00. The molecule has 0 spiro atoms. The van der Waals surface area contributed by atoms with E-state index in [0.29, 0.717) is 49.8 Å². The lowest BCUT2D eigenvalue weighted by molar-refractivity contribution is 0.0996. The smallest absolute Gasteiger partial charge is 0.326 e. The molecule has 0 aliphatic carbocycles. The van der Waals surface area contributed by atoms with Crippen LogP contribution in [0.1, 0.15) is 28.8 Å². The Labute approximate surface area is 259 Å². The number of likely N-dealkylation sites (tertiary alicyclic amines) is 1. The zero-order chi connectivity index (χ0) is 32.1. The Morgan fingerprint density at radius 3 is 2.38 bits per heavy atom. The van der Waals surface area contributed by atoms with E-state index in [1.54, 1.807) is 30.5 Å². The molecule has 3 aromatic carbocycles. The van der Waals surface area contributed by atoms with Gasteiger partial charge in [0.1, 0.15) is 17.4 Å². The van der Waals surface area contributed by atoms with Gasteiger partial charge in [-0.05, 0) is 79.1 Å². The van der Waals surface area contributed by atoms with Gasteiger partial charge in [0.05, 0.1) is 10.5 Å². The zero-order valence-electron chi connectivity index (χ0n) is 24.3. The molecule has 45 heavy (non-hydrogen) atoms. The summed E-state index contributed by atoms with van der Waals surface area (Å²) in [6, 6.07) is 18.2. The molecule has 0 unspecified atom stereocenters. The van der Waals surface area contributed by atoms with Crippen molar-refractivity contribution in [3.05, 3.63) is 108 Å². The number of hydrogen-bond donors (Lipinski definition) is 2. The lowest BCUT2D eigenvalue weighted by Crippen LogP contribution is -2.49. The van der Waals surface area contributed by atoms with Gasteiger partial charge in [-0.25, -0.2) is 27.0 Å². The number of urea groups is 1. The minimum Gasteiger partial charge on any atom is -0.439 e. The van der Waals surface area contributed by atoms with Crippen LogP contribution < -0.4 is 20.7 Å². The summed E-state index contributed by atoms with van der Waals surface area (Å²) in [5, 5.41) is 2.69. The van der Waals surface area contributed by atoms with Crippen molar-refractivity contribution < 1.29 is 31.5 Å². The number of carbonyl (C=O) groups is 2. The first kappa shape index (κ1) is 31.5. The number of carbonyl (C=O) groups excluding carboxylic acids is 2. The van der Waals surface area contributed by atoms with Gasteiger partial charge in [-0.1, -0.05) is 12.1 Å². The normalized spacial score (nSPS) is 14.1. The van der Waals surface area contributed by atoms with E-state index in [2.05, 4.69) is 15.2 Å². The molecular weight excluding hydrogens is 604 g/mol. The van der Waals surface area contributed by atoms with Crippen LogP contribution in [0.3, 0.4) is 0 Å². The van der Waals surface area contributed by atoms with Crippen molar-refractivity contribution in [2.24, 2.45) is 5.73 Å². The van der Waals surface area contributed by atoms with Crippen LogP contribution >= 0.6 is 0 Å². The molecular formula is C32H31F2N5O5S. The molecule has 3 amide bonds. The fourth-order valence-corrected chi connectivity index (χ4v) is 5.76. The van der Waals surface area contributed by atoms with E-state index in [1.807, 2.05) is 6.07 Å². The molecule has 1 saturated heterocycles. The Kier molecular flexibility index (Phi) is 9.40. The van der Waals surface area contributed by atoms with Crippen LogP contribution in [0.15, 0.2) is 90.0 Å². The predicted molar refractivity (Wildman–Crippen MR) is 165 cm³/mol. The van der Waals surface area contributed by atoms with Crippen molar-refractivity contribution in [2.75, 3.05) is 29.6 Å². The van der Waals surface area contributed by atoms with Gasteiger partial charge in [0.2, 0.25) is 5.88 Å². The summed E-state index contributed by atoms with van der Waals surface area (Å²) in [6.45, 7) is 1.91. The molecule has 13 heteroatoms. The Morgan fingerprint density at radius 1 is 1.02 bits per heavy atom. The Bertz CT molecular complexity index is 1800. The third kappa shape index (κ3) is 7.99. The standard InChI is InChI=1S/C32H31F2N5O5S/c1-45(42,43)27-9-7-26(8-10-27)44-30-12-5-21(19-36-30)20-38-15-13-24(14-16-38)39(25-4-2-3-22(33)17-25)32(41)37-23-6-11-29(34)28(18-23)31(35)40/h2-12,17-19,24H,13-16,20H2,1H3,(H2,35,40)(H,37,41). The summed E-state index contributed by atoms with van der Waals surface area (Å²) in [6.07, 6.45) is 4.04. The van der Waals surface area contributed by atoms with Crippen molar-refractivity contribution in [1.82, 2.24) is 9.88 Å². The van der Waals surface area contributed by atoms with Gasteiger partial charge in [0.25, 0.3) is 5.91 Å². The van der Waals surface area contributed by atoms with Crippen molar-refractivity contribution >= 4 is 33.2 Å². The molecule has 234 valence electrons. The van der Waals surface area contributed by atoms with Crippen molar-refractivity contribution in [3.63, 3.8) is 0 Å². The van der Waals surface area contributed by atoms with Gasteiger partial charge in [-0.15, -0.1) is 0 Å². The highest BCUT2D eigenvalue weighted by Crippen LogP contribution is 2.27. The molecule has 1 fully saturated rings. The van der Waals surface area contributed by atoms with Crippen molar-refractivity contribution in [2.45, 2.75) is 30.3 Å². The third-order valence-electron chi connectivity index (χ3n) is 7.39. The lowest BCUT2D eigenvalue weighted by atomic mass is 10.0. The minimum atomic E-state index is -3.30. The monoisotopic (exact) mass is 635 g/mol. The van der Waals surface area contributed by atoms with Gasteiger partial charge in [0.15, 0.2) is 9.84 Å². The second-order valence-corrected chi connectivity index (χ2v) is 12.7. The second kappa shape index (κ2) is 13.4. The highest BCUT2D eigenvalue weighted by Gasteiger charge is 2.30. The molecule has 0 radical (unpaired) electrons. The van der Waals surface area contributed by atoms with Gasteiger partial charge in [-0.3, -0.25) is 14.6 Å². The first-order valence-corrected chi connectivity index (χ1v) is 16.0. The number of aromatic nitrogens is 1. The highest BCUT2D eigenvalue weighted by molar-refractivity contribution is 7.90. The largest absolute Gasteiger partial charge is 0.439 e. The van der Waals surface area contributed by atoms with E-state index in [-0.39, 0.29) is 22.2 Å². The second-order valence-electron chi connectivity index (χ2n) is 10.7.